The molecule has 0 aliphatic heterocycles. The van der Waals surface area contributed by atoms with E-state index < -0.39 is 0 Å². The summed E-state index contributed by atoms with van der Waals surface area (Å²) in [6.45, 7) is 2.66. The monoisotopic (exact) mass is 471 g/mol. The number of carbonyl (C=O) groups excluding carboxylic acids is 1. The van der Waals surface area contributed by atoms with Gasteiger partial charge in [0.15, 0.2) is 5.16 Å². The number of fused-ring (bicyclic) bond motifs is 1. The highest BCUT2D eigenvalue weighted by molar-refractivity contribution is 7.98. The van der Waals surface area contributed by atoms with Gasteiger partial charge in [-0.2, -0.15) is 0 Å². The molecular formula is C23H19Cl2N3O2S. The first-order valence-corrected chi connectivity index (χ1v) is 11.4. The fourth-order valence-corrected chi connectivity index (χ4v) is 4.93. The highest BCUT2D eigenvalue weighted by Gasteiger charge is 2.16. The van der Waals surface area contributed by atoms with Crippen LogP contribution in [0.5, 0.6) is 0 Å². The molecule has 4 aromatic rings. The number of imidazole rings is 1. The molecule has 0 atom stereocenters. The van der Waals surface area contributed by atoms with Crippen molar-refractivity contribution in [3.05, 3.63) is 87.7 Å². The molecule has 8 heteroatoms. The van der Waals surface area contributed by atoms with E-state index in [1.807, 2.05) is 42.5 Å². The van der Waals surface area contributed by atoms with Gasteiger partial charge in [0.1, 0.15) is 0 Å². The molecule has 0 aliphatic rings. The normalized spacial score (nSPS) is 11.1. The minimum absolute atomic E-state index is 0.324. The van der Waals surface area contributed by atoms with Crippen LogP contribution in [0.3, 0.4) is 0 Å². The predicted octanol–water partition coefficient (Wildman–Crippen LogP) is 6.26. The van der Waals surface area contributed by atoms with Crippen molar-refractivity contribution in [2.45, 2.75) is 24.4 Å². The van der Waals surface area contributed by atoms with Crippen LogP contribution >= 0.6 is 35.0 Å². The standard InChI is InChI=1S/C23H19Cl2N3O2S/c1-2-30-22(29)15-9-10-21-20(12-15)27-23(28(21)13-16-6-3-4-11-26-16)31-14-17-18(24)7-5-8-19(17)25/h3-12H,2,13-14H2,1H3. The maximum absolute atomic E-state index is 12.2. The predicted molar refractivity (Wildman–Crippen MR) is 125 cm³/mol. The van der Waals surface area contributed by atoms with Crippen LogP contribution < -0.4 is 0 Å². The first-order chi connectivity index (χ1) is 15.1. The molecule has 2 aromatic carbocycles. The van der Waals surface area contributed by atoms with Crippen molar-refractivity contribution < 1.29 is 9.53 Å². The van der Waals surface area contributed by atoms with Gasteiger partial charge < -0.3 is 9.30 Å². The maximum atomic E-state index is 12.2. The maximum Gasteiger partial charge on any atom is 0.338 e. The van der Waals surface area contributed by atoms with E-state index in [0.717, 1.165) is 21.9 Å². The minimum Gasteiger partial charge on any atom is -0.462 e. The molecule has 0 N–H and O–H groups in total. The third kappa shape index (κ3) is 4.87. The van der Waals surface area contributed by atoms with E-state index in [1.165, 1.54) is 11.8 Å². The summed E-state index contributed by atoms with van der Waals surface area (Å²) in [6.07, 6.45) is 1.77. The molecular weight excluding hydrogens is 453 g/mol. The number of halogens is 2. The number of carbonyl (C=O) groups is 1. The van der Waals surface area contributed by atoms with Crippen molar-refractivity contribution in [1.29, 1.82) is 0 Å². The van der Waals surface area contributed by atoms with E-state index in [2.05, 4.69) is 9.55 Å². The molecule has 2 heterocycles. The Morgan fingerprint density at radius 2 is 1.90 bits per heavy atom. The molecule has 0 amide bonds. The molecule has 158 valence electrons. The molecule has 2 aromatic heterocycles. The third-order valence-electron chi connectivity index (χ3n) is 4.68. The van der Waals surface area contributed by atoms with Crippen molar-refractivity contribution in [2.75, 3.05) is 6.61 Å². The zero-order valence-corrected chi connectivity index (χ0v) is 19.0. The highest BCUT2D eigenvalue weighted by Crippen LogP contribution is 2.33. The quantitative estimate of drug-likeness (QED) is 0.235. The van der Waals surface area contributed by atoms with E-state index in [9.17, 15) is 4.79 Å². The van der Waals surface area contributed by atoms with Gasteiger partial charge in [0.25, 0.3) is 0 Å². The molecule has 0 spiro atoms. The Bertz CT molecular complexity index is 1210. The Balaban J connectivity index is 1.72. The van der Waals surface area contributed by atoms with Crippen LogP contribution in [0.15, 0.2) is 66.0 Å². The summed E-state index contributed by atoms with van der Waals surface area (Å²) in [5, 5.41) is 2.03. The number of thioether (sulfide) groups is 1. The summed E-state index contributed by atoms with van der Waals surface area (Å²) in [5.41, 5.74) is 3.87. The molecule has 4 rings (SSSR count). The summed E-state index contributed by atoms with van der Waals surface area (Å²) < 4.78 is 7.21. The van der Waals surface area contributed by atoms with Crippen molar-refractivity contribution in [2.24, 2.45) is 0 Å². The van der Waals surface area contributed by atoms with Crippen molar-refractivity contribution in [1.82, 2.24) is 14.5 Å². The Kier molecular flexibility index (Phi) is 6.80. The number of benzene rings is 2. The number of pyridine rings is 1. The van der Waals surface area contributed by atoms with Crippen molar-refractivity contribution >= 4 is 52.0 Å². The first kappa shape index (κ1) is 21.7. The Hall–Kier alpha value is -2.54. The van der Waals surface area contributed by atoms with Crippen molar-refractivity contribution in [3.8, 4) is 0 Å². The van der Waals surface area contributed by atoms with Crippen LogP contribution in [0, 0.1) is 0 Å². The minimum atomic E-state index is -0.360. The zero-order valence-electron chi connectivity index (χ0n) is 16.7. The lowest BCUT2D eigenvalue weighted by molar-refractivity contribution is 0.0526. The number of hydrogen-bond acceptors (Lipinski definition) is 5. The van der Waals surface area contributed by atoms with Crippen LogP contribution in [0.4, 0.5) is 0 Å². The van der Waals surface area contributed by atoms with Crippen LogP contribution in [0.1, 0.15) is 28.5 Å². The highest BCUT2D eigenvalue weighted by atomic mass is 35.5. The van der Waals surface area contributed by atoms with Crippen molar-refractivity contribution in [3.63, 3.8) is 0 Å². The van der Waals surface area contributed by atoms with Crippen LogP contribution in [-0.4, -0.2) is 27.1 Å². The fourth-order valence-electron chi connectivity index (χ4n) is 3.17. The third-order valence-corrected chi connectivity index (χ3v) is 6.39. The summed E-state index contributed by atoms with van der Waals surface area (Å²) in [6, 6.07) is 16.7. The second-order valence-corrected chi connectivity index (χ2v) is 8.47. The van der Waals surface area contributed by atoms with E-state index in [1.54, 1.807) is 25.3 Å². The first-order valence-electron chi connectivity index (χ1n) is 9.70. The topological polar surface area (TPSA) is 57.0 Å². The lowest BCUT2D eigenvalue weighted by atomic mass is 10.2. The number of nitrogens with zero attached hydrogens (tertiary/aromatic N) is 3. The molecule has 0 saturated carbocycles. The SMILES string of the molecule is CCOC(=O)c1ccc2c(c1)nc(SCc1c(Cl)cccc1Cl)n2Cc1ccccn1. The molecule has 31 heavy (non-hydrogen) atoms. The molecule has 5 nitrogen and oxygen atoms in total. The summed E-state index contributed by atoms with van der Waals surface area (Å²) >= 11 is 14.2. The number of esters is 1. The second kappa shape index (κ2) is 9.73. The van der Waals surface area contributed by atoms with Gasteiger partial charge in [-0.3, -0.25) is 4.98 Å². The average molecular weight is 472 g/mol. The van der Waals surface area contributed by atoms with Gasteiger partial charge in [0, 0.05) is 22.0 Å². The van der Waals surface area contributed by atoms with Gasteiger partial charge in [-0.05, 0) is 55.0 Å². The number of ether oxygens (including phenoxy) is 1. The molecule has 0 bridgehead atoms. The smallest absolute Gasteiger partial charge is 0.338 e. The van der Waals surface area contributed by atoms with Gasteiger partial charge in [-0.15, -0.1) is 0 Å². The summed E-state index contributed by atoms with van der Waals surface area (Å²) in [5.74, 6) is 0.204. The van der Waals surface area contributed by atoms with E-state index in [-0.39, 0.29) is 5.97 Å². The number of aromatic nitrogens is 3. The Morgan fingerprint density at radius 1 is 1.10 bits per heavy atom. The molecule has 0 fully saturated rings. The molecule has 0 saturated heterocycles. The average Bonchev–Trinajstić information content (AvgIpc) is 3.11. The van der Waals surface area contributed by atoms with E-state index in [0.29, 0.717) is 40.0 Å². The molecule has 0 aliphatic carbocycles. The lowest BCUT2D eigenvalue weighted by Crippen LogP contribution is -2.05. The Labute approximate surface area is 194 Å². The lowest BCUT2D eigenvalue weighted by Gasteiger charge is -2.10. The van der Waals surface area contributed by atoms with E-state index >= 15 is 0 Å². The Morgan fingerprint density at radius 3 is 2.61 bits per heavy atom. The molecule has 0 unspecified atom stereocenters. The summed E-state index contributed by atoms with van der Waals surface area (Å²) in [4.78, 5) is 21.4. The van der Waals surface area contributed by atoms with Crippen LogP contribution in [0.25, 0.3) is 11.0 Å². The van der Waals surface area contributed by atoms with Gasteiger partial charge in [0.2, 0.25) is 0 Å². The number of hydrogen-bond donors (Lipinski definition) is 0. The van der Waals surface area contributed by atoms with Gasteiger partial charge in [-0.25, -0.2) is 9.78 Å². The van der Waals surface area contributed by atoms with Gasteiger partial charge in [-0.1, -0.05) is 47.1 Å². The second-order valence-electron chi connectivity index (χ2n) is 6.71. The zero-order chi connectivity index (χ0) is 21.8. The van der Waals surface area contributed by atoms with Crippen LogP contribution in [-0.2, 0) is 17.0 Å². The fraction of sp³-hybridized carbons (Fsp3) is 0.174. The van der Waals surface area contributed by atoms with E-state index in [4.69, 9.17) is 32.9 Å². The van der Waals surface area contributed by atoms with Crippen LogP contribution in [0.2, 0.25) is 10.0 Å². The molecule has 0 radical (unpaired) electrons. The number of rotatable bonds is 7. The van der Waals surface area contributed by atoms with Gasteiger partial charge >= 0.3 is 5.97 Å². The summed E-state index contributed by atoms with van der Waals surface area (Å²) in [7, 11) is 0. The largest absolute Gasteiger partial charge is 0.462 e. The van der Waals surface area contributed by atoms with Gasteiger partial charge in [0.05, 0.1) is 35.4 Å².